The molecule has 4 fully saturated rings. The molecule has 4 aliphatic rings. The minimum atomic E-state index is -0.864. The maximum Gasteiger partial charge on any atom is 0.410 e. The van der Waals surface area contributed by atoms with Gasteiger partial charge in [0.05, 0.1) is 6.07 Å². The number of carbonyl (C=O) groups excluding carboxylic acids is 2. The van der Waals surface area contributed by atoms with E-state index in [4.69, 9.17) is 9.47 Å². The van der Waals surface area contributed by atoms with Gasteiger partial charge in [-0.15, -0.1) is 0 Å². The Morgan fingerprint density at radius 2 is 1.79 bits per heavy atom. The molecule has 10 heteroatoms. The number of nitrogens with one attached hydrogen (secondary N) is 1. The number of hydrogen-bond acceptors (Lipinski definition) is 7. The molecule has 228 valence electrons. The van der Waals surface area contributed by atoms with Crippen molar-refractivity contribution in [3.8, 4) is 6.07 Å². The lowest BCUT2D eigenvalue weighted by Gasteiger charge is -2.60. The third-order valence-electron chi connectivity index (χ3n) is 8.62. The van der Waals surface area contributed by atoms with Crippen LogP contribution in [0.4, 0.5) is 14.9 Å². The summed E-state index contributed by atoms with van der Waals surface area (Å²) in [6.07, 6.45) is 2.61. The molecule has 3 heterocycles. The lowest BCUT2D eigenvalue weighted by molar-refractivity contribution is -0.130. The van der Waals surface area contributed by atoms with Gasteiger partial charge in [0.2, 0.25) is 5.91 Å². The number of fused-ring (bicyclic) bond motifs is 2. The maximum atomic E-state index is 15.2. The van der Waals surface area contributed by atoms with Crippen molar-refractivity contribution >= 4 is 17.7 Å². The molecule has 1 aromatic carbocycles. The molecule has 1 saturated carbocycles. The Morgan fingerprint density at radius 3 is 2.38 bits per heavy atom. The highest BCUT2D eigenvalue weighted by atomic mass is 19.1. The number of nitrogens with zero attached hydrogens (tertiary/aromatic N) is 4. The molecular weight excluding hydrogens is 537 g/mol. The van der Waals surface area contributed by atoms with E-state index in [0.29, 0.717) is 24.5 Å². The van der Waals surface area contributed by atoms with Crippen LogP contribution in [0.1, 0.15) is 66.4 Å². The Kier molecular flexibility index (Phi) is 7.61. The van der Waals surface area contributed by atoms with Crippen LogP contribution in [0.2, 0.25) is 0 Å². The van der Waals surface area contributed by atoms with E-state index in [2.05, 4.69) is 22.9 Å². The number of nitriles is 1. The molecule has 2 bridgehead atoms. The van der Waals surface area contributed by atoms with Crippen molar-refractivity contribution < 1.29 is 23.5 Å². The SMILES string of the molecule is C=C(OC(C)(C)C)N1[C@@H]2CC[C@@H](C2)[C@H]1C(=O)N[C@H](C#N)Cc1ccc(N2CC3(CN(C(=O)OC(C)(C)C)C3)C2)cc1F. The molecular formula is C32H44FN5O4. The van der Waals surface area contributed by atoms with Crippen molar-refractivity contribution in [3.63, 3.8) is 0 Å². The van der Waals surface area contributed by atoms with Crippen molar-refractivity contribution in [2.75, 3.05) is 31.1 Å². The Morgan fingerprint density at radius 1 is 1.12 bits per heavy atom. The highest BCUT2D eigenvalue weighted by Gasteiger charge is 2.54. The van der Waals surface area contributed by atoms with Gasteiger partial charge in [0.25, 0.3) is 0 Å². The first kappa shape index (κ1) is 30.0. The van der Waals surface area contributed by atoms with E-state index in [1.165, 1.54) is 6.07 Å². The van der Waals surface area contributed by atoms with Gasteiger partial charge < -0.3 is 29.5 Å². The van der Waals surface area contributed by atoms with Gasteiger partial charge in [0, 0.05) is 49.7 Å². The lowest BCUT2D eigenvalue weighted by Crippen LogP contribution is -2.73. The quantitative estimate of drug-likeness (QED) is 0.471. The summed E-state index contributed by atoms with van der Waals surface area (Å²) in [5, 5.41) is 12.7. The highest BCUT2D eigenvalue weighted by molar-refractivity contribution is 5.83. The molecule has 3 saturated heterocycles. The van der Waals surface area contributed by atoms with Gasteiger partial charge in [-0.2, -0.15) is 5.26 Å². The first-order chi connectivity index (χ1) is 19.6. The number of benzene rings is 1. The van der Waals surface area contributed by atoms with Crippen LogP contribution in [0.25, 0.3) is 0 Å². The molecule has 3 aliphatic heterocycles. The number of piperidine rings is 1. The predicted molar refractivity (Wildman–Crippen MR) is 157 cm³/mol. The average Bonchev–Trinajstić information content (AvgIpc) is 3.43. The van der Waals surface area contributed by atoms with Crippen molar-refractivity contribution in [1.29, 1.82) is 5.26 Å². The minimum Gasteiger partial charge on any atom is -0.474 e. The van der Waals surface area contributed by atoms with Crippen LogP contribution in [0.3, 0.4) is 0 Å². The fourth-order valence-electron chi connectivity index (χ4n) is 6.96. The van der Waals surface area contributed by atoms with Crippen LogP contribution in [-0.2, 0) is 20.7 Å². The van der Waals surface area contributed by atoms with E-state index in [1.807, 2.05) is 52.5 Å². The third-order valence-corrected chi connectivity index (χ3v) is 8.62. The second-order valence-corrected chi connectivity index (χ2v) is 14.5. The fraction of sp³-hybridized carbons (Fsp3) is 0.656. The van der Waals surface area contributed by atoms with Gasteiger partial charge >= 0.3 is 6.09 Å². The third kappa shape index (κ3) is 6.16. The fourth-order valence-corrected chi connectivity index (χ4v) is 6.96. The summed E-state index contributed by atoms with van der Waals surface area (Å²) in [7, 11) is 0. The Hall–Kier alpha value is -3.48. The summed E-state index contributed by atoms with van der Waals surface area (Å²) in [4.78, 5) is 31.5. The van der Waals surface area contributed by atoms with Crippen LogP contribution in [0, 0.1) is 28.5 Å². The number of likely N-dealkylation sites (tertiary alicyclic amines) is 2. The first-order valence-corrected chi connectivity index (χ1v) is 14.9. The van der Waals surface area contributed by atoms with Crippen molar-refractivity contribution in [2.24, 2.45) is 11.3 Å². The molecule has 42 heavy (non-hydrogen) atoms. The largest absolute Gasteiger partial charge is 0.474 e. The van der Waals surface area contributed by atoms with Gasteiger partial charge in [0.1, 0.15) is 29.1 Å². The zero-order valence-electron chi connectivity index (χ0n) is 25.7. The summed E-state index contributed by atoms with van der Waals surface area (Å²) in [6, 6.07) is 6.09. The van der Waals surface area contributed by atoms with E-state index < -0.39 is 29.1 Å². The summed E-state index contributed by atoms with van der Waals surface area (Å²) in [5.74, 6) is 0.0197. The molecule has 0 unspecified atom stereocenters. The molecule has 0 radical (unpaired) electrons. The molecule has 9 nitrogen and oxygen atoms in total. The van der Waals surface area contributed by atoms with Crippen LogP contribution in [-0.4, -0.2) is 77.3 Å². The van der Waals surface area contributed by atoms with Gasteiger partial charge in [-0.1, -0.05) is 6.07 Å². The summed E-state index contributed by atoms with van der Waals surface area (Å²) in [6.45, 7) is 18.3. The normalized spacial score (nSPS) is 24.9. The number of hydrogen-bond donors (Lipinski definition) is 1. The molecule has 1 aromatic rings. The zero-order valence-corrected chi connectivity index (χ0v) is 25.7. The summed E-state index contributed by atoms with van der Waals surface area (Å²) < 4.78 is 26.7. The van der Waals surface area contributed by atoms with Gasteiger partial charge in [-0.25, -0.2) is 9.18 Å². The standard InChI is InChI=1S/C32H44FN5O4/c1-20(41-30(2,3)4)38-25-11-9-22(13-25)27(38)28(39)35-23(15-34)12-21-8-10-24(14-26(21)33)36-16-32(17-36)18-37(19-32)29(40)42-31(5,6)7/h8,10,14,22-23,25,27H,1,9,11-13,16-19H2,2-7H3,(H,35,39)/t22-,23-,25+,27-/m0/s1. The average molecular weight is 582 g/mol. The number of halogens is 1. The molecule has 5 rings (SSSR count). The zero-order chi connectivity index (χ0) is 30.6. The van der Waals surface area contributed by atoms with Gasteiger partial charge in [-0.3, -0.25) is 4.79 Å². The molecule has 0 aromatic heterocycles. The second-order valence-electron chi connectivity index (χ2n) is 14.5. The van der Waals surface area contributed by atoms with Gasteiger partial charge in [0.15, 0.2) is 5.88 Å². The second kappa shape index (κ2) is 10.7. The van der Waals surface area contributed by atoms with Crippen molar-refractivity contribution in [2.45, 2.75) is 96.6 Å². The molecule has 1 spiro atoms. The van der Waals surface area contributed by atoms with Gasteiger partial charge in [-0.05, 0) is 91.0 Å². The number of anilines is 1. The van der Waals surface area contributed by atoms with Crippen LogP contribution < -0.4 is 10.2 Å². The number of ether oxygens (including phenoxy) is 2. The van der Waals surface area contributed by atoms with Crippen molar-refractivity contribution in [1.82, 2.24) is 15.1 Å². The Bertz CT molecular complexity index is 1280. The number of amides is 2. The van der Waals surface area contributed by atoms with Crippen LogP contribution in [0.5, 0.6) is 0 Å². The first-order valence-electron chi connectivity index (χ1n) is 14.9. The number of rotatable bonds is 7. The maximum absolute atomic E-state index is 15.2. The molecule has 4 atom stereocenters. The number of carbonyl (C=O) groups is 2. The van der Waals surface area contributed by atoms with E-state index in [1.54, 1.807) is 11.0 Å². The molecule has 2 amide bonds. The van der Waals surface area contributed by atoms with Crippen LogP contribution in [0.15, 0.2) is 30.7 Å². The monoisotopic (exact) mass is 581 g/mol. The van der Waals surface area contributed by atoms with E-state index >= 15 is 4.39 Å². The highest BCUT2D eigenvalue weighted by Crippen LogP contribution is 2.45. The Balaban J connectivity index is 1.15. The lowest BCUT2D eigenvalue weighted by atomic mass is 9.73. The molecule has 1 aliphatic carbocycles. The predicted octanol–water partition coefficient (Wildman–Crippen LogP) is 4.57. The van der Waals surface area contributed by atoms with E-state index in [9.17, 15) is 14.9 Å². The summed E-state index contributed by atoms with van der Waals surface area (Å²) >= 11 is 0. The Labute approximate surface area is 248 Å². The van der Waals surface area contributed by atoms with Crippen molar-refractivity contribution in [3.05, 3.63) is 42.0 Å². The van der Waals surface area contributed by atoms with E-state index in [-0.39, 0.29) is 35.8 Å². The summed E-state index contributed by atoms with van der Waals surface area (Å²) in [5.41, 5.74) is 0.216. The smallest absolute Gasteiger partial charge is 0.410 e. The van der Waals surface area contributed by atoms with E-state index in [0.717, 1.165) is 38.0 Å². The minimum absolute atomic E-state index is 0.0268. The topological polar surface area (TPSA) is 98.1 Å². The van der Waals surface area contributed by atoms with Crippen LogP contribution >= 0.6 is 0 Å². The molecule has 1 N–H and O–H groups in total.